The zero-order valence-corrected chi connectivity index (χ0v) is 14.2. The summed E-state index contributed by atoms with van der Waals surface area (Å²) in [7, 11) is 0. The average molecular weight is 397 g/mol. The molecule has 0 aromatic carbocycles. The molecule has 1 saturated heterocycles. The van der Waals surface area contributed by atoms with Gasteiger partial charge in [0.15, 0.2) is 0 Å². The summed E-state index contributed by atoms with van der Waals surface area (Å²) in [5.74, 6) is -0.343. The van der Waals surface area contributed by atoms with Gasteiger partial charge in [-0.2, -0.15) is 0 Å². The van der Waals surface area contributed by atoms with E-state index < -0.39 is 19.0 Å². The first kappa shape index (κ1) is 17.6. The number of likely N-dealkylation sites (tertiary alicyclic amines) is 1. The van der Waals surface area contributed by atoms with Crippen molar-refractivity contribution in [1.82, 2.24) is 15.2 Å². The number of amides is 1. The molecule has 1 aliphatic heterocycles. The van der Waals surface area contributed by atoms with Crippen LogP contribution in [-0.4, -0.2) is 41.3 Å². The Bertz CT molecular complexity index is 533. The summed E-state index contributed by atoms with van der Waals surface area (Å²) in [6.45, 7) is 0.611. The van der Waals surface area contributed by atoms with Crippen LogP contribution in [0, 0.1) is 0 Å². The highest BCUT2D eigenvalue weighted by Gasteiger charge is 2.29. The zero-order valence-electron chi connectivity index (χ0n) is 11.9. The van der Waals surface area contributed by atoms with Crippen LogP contribution in [0.1, 0.15) is 25.0 Å². The molecule has 0 bridgehead atoms. The Labute approximate surface area is 141 Å². The smallest absolute Gasteiger partial charge is 0.255 e. The van der Waals surface area contributed by atoms with E-state index in [2.05, 4.69) is 26.2 Å². The van der Waals surface area contributed by atoms with E-state index in [9.17, 15) is 13.6 Å². The highest BCUT2D eigenvalue weighted by Crippen LogP contribution is 2.24. The van der Waals surface area contributed by atoms with Gasteiger partial charge < -0.3 is 5.32 Å². The second-order valence-electron chi connectivity index (χ2n) is 5.20. The van der Waals surface area contributed by atoms with Crippen molar-refractivity contribution < 1.29 is 13.6 Å². The fourth-order valence-corrected chi connectivity index (χ4v) is 3.29. The lowest BCUT2D eigenvalue weighted by Crippen LogP contribution is -2.49. The number of hydrogen-bond acceptors (Lipinski definition) is 3. The summed E-state index contributed by atoms with van der Waals surface area (Å²) in [5.41, 5.74) is 0.776. The Hall–Kier alpha value is -0.790. The Morgan fingerprint density at radius 2 is 2.32 bits per heavy atom. The number of nitrogens with one attached hydrogen (secondary N) is 1. The molecule has 2 rings (SSSR count). The van der Waals surface area contributed by atoms with Gasteiger partial charge in [-0.3, -0.25) is 14.7 Å². The number of rotatable bonds is 5. The average Bonchev–Trinajstić information content (AvgIpc) is 2.48. The number of carbonyl (C=O) groups excluding carboxylic acids is 1. The molecular weight excluding hydrogens is 380 g/mol. The monoisotopic (exact) mass is 395 g/mol. The SMILES string of the molecule is O=C(NCC(F)F)[C@@H]1CCCCN1Cc1ncc(Cl)cc1Br. The van der Waals surface area contributed by atoms with Gasteiger partial charge in [0.2, 0.25) is 5.91 Å². The molecule has 8 heteroatoms. The largest absolute Gasteiger partial charge is 0.349 e. The molecule has 0 spiro atoms. The van der Waals surface area contributed by atoms with Crippen LogP contribution in [0.5, 0.6) is 0 Å². The zero-order chi connectivity index (χ0) is 16.1. The summed E-state index contributed by atoms with van der Waals surface area (Å²) in [6.07, 6.45) is 1.58. The number of nitrogens with zero attached hydrogens (tertiary/aromatic N) is 2. The molecule has 22 heavy (non-hydrogen) atoms. The van der Waals surface area contributed by atoms with Gasteiger partial charge in [-0.15, -0.1) is 0 Å². The molecule has 0 radical (unpaired) electrons. The molecule has 2 heterocycles. The fourth-order valence-electron chi connectivity index (χ4n) is 2.52. The Morgan fingerprint density at radius 1 is 1.55 bits per heavy atom. The van der Waals surface area contributed by atoms with Gasteiger partial charge in [0.25, 0.3) is 6.43 Å². The van der Waals surface area contributed by atoms with Crippen LogP contribution in [0.15, 0.2) is 16.7 Å². The van der Waals surface area contributed by atoms with E-state index in [1.54, 1.807) is 12.3 Å². The second kappa shape index (κ2) is 8.17. The molecule has 1 aliphatic rings. The molecular formula is C14H17BrClF2N3O. The third kappa shape index (κ3) is 4.86. The lowest BCUT2D eigenvalue weighted by molar-refractivity contribution is -0.128. The van der Waals surface area contributed by atoms with Crippen LogP contribution < -0.4 is 5.32 Å². The Morgan fingerprint density at radius 3 is 3.00 bits per heavy atom. The quantitative estimate of drug-likeness (QED) is 0.831. The molecule has 0 unspecified atom stereocenters. The number of hydrogen-bond donors (Lipinski definition) is 1. The van der Waals surface area contributed by atoms with Gasteiger partial charge in [0.05, 0.1) is 23.3 Å². The number of pyridine rings is 1. The lowest BCUT2D eigenvalue weighted by atomic mass is 10.0. The first-order valence-electron chi connectivity index (χ1n) is 7.07. The first-order chi connectivity index (χ1) is 10.5. The molecule has 0 saturated carbocycles. The summed E-state index contributed by atoms with van der Waals surface area (Å²) < 4.78 is 25.3. The standard InChI is InChI=1S/C14H17BrClF2N3O/c15-10-5-9(16)6-19-11(10)8-21-4-2-1-3-12(21)14(22)20-7-13(17)18/h5-6,12-13H,1-4,7-8H2,(H,20,22)/t12-/m0/s1. The summed E-state index contributed by atoms with van der Waals surface area (Å²) in [5, 5.41) is 2.84. The summed E-state index contributed by atoms with van der Waals surface area (Å²) >= 11 is 9.28. The third-order valence-electron chi connectivity index (χ3n) is 3.58. The Balaban J connectivity index is 2.04. The van der Waals surface area contributed by atoms with Crippen molar-refractivity contribution in [1.29, 1.82) is 0 Å². The number of carbonyl (C=O) groups is 1. The van der Waals surface area contributed by atoms with E-state index in [1.165, 1.54) is 0 Å². The van der Waals surface area contributed by atoms with E-state index in [1.807, 2.05) is 4.90 Å². The van der Waals surface area contributed by atoms with Crippen molar-refractivity contribution in [3.63, 3.8) is 0 Å². The molecule has 1 atom stereocenters. The molecule has 1 aromatic rings. The summed E-state index contributed by atoms with van der Waals surface area (Å²) in [4.78, 5) is 18.3. The molecule has 1 fully saturated rings. The highest BCUT2D eigenvalue weighted by molar-refractivity contribution is 9.10. The van der Waals surface area contributed by atoms with Crippen molar-refractivity contribution in [3.8, 4) is 0 Å². The molecule has 1 aromatic heterocycles. The molecule has 0 aliphatic carbocycles. The topological polar surface area (TPSA) is 45.2 Å². The van der Waals surface area contributed by atoms with E-state index in [-0.39, 0.29) is 5.91 Å². The number of piperidine rings is 1. The first-order valence-corrected chi connectivity index (χ1v) is 8.24. The molecule has 4 nitrogen and oxygen atoms in total. The maximum Gasteiger partial charge on any atom is 0.255 e. The third-order valence-corrected chi connectivity index (χ3v) is 4.48. The lowest BCUT2D eigenvalue weighted by Gasteiger charge is -2.34. The van der Waals surface area contributed by atoms with E-state index in [4.69, 9.17) is 11.6 Å². The van der Waals surface area contributed by atoms with Crippen molar-refractivity contribution in [3.05, 3.63) is 27.5 Å². The van der Waals surface area contributed by atoms with Crippen LogP contribution >= 0.6 is 27.5 Å². The van der Waals surface area contributed by atoms with Gasteiger partial charge in [0.1, 0.15) is 0 Å². The van der Waals surface area contributed by atoms with Crippen LogP contribution in [0.3, 0.4) is 0 Å². The highest BCUT2D eigenvalue weighted by atomic mass is 79.9. The van der Waals surface area contributed by atoms with Gasteiger partial charge in [-0.05, 0) is 41.4 Å². The van der Waals surface area contributed by atoms with Gasteiger partial charge in [-0.1, -0.05) is 18.0 Å². The predicted molar refractivity (Wildman–Crippen MR) is 84.0 cm³/mol. The number of alkyl halides is 2. The van der Waals surface area contributed by atoms with Gasteiger partial charge in [0, 0.05) is 17.2 Å². The normalized spacial score (nSPS) is 19.4. The minimum absolute atomic E-state index is 0.343. The van der Waals surface area contributed by atoms with Gasteiger partial charge in [-0.25, -0.2) is 8.78 Å². The summed E-state index contributed by atoms with van der Waals surface area (Å²) in [6, 6.07) is 1.36. The molecule has 1 N–H and O–H groups in total. The Kier molecular flexibility index (Phi) is 6.52. The van der Waals surface area contributed by atoms with Crippen LogP contribution in [0.2, 0.25) is 5.02 Å². The van der Waals surface area contributed by atoms with Crippen molar-refractivity contribution in [2.75, 3.05) is 13.1 Å². The minimum Gasteiger partial charge on any atom is -0.349 e. The van der Waals surface area contributed by atoms with E-state index >= 15 is 0 Å². The fraction of sp³-hybridized carbons (Fsp3) is 0.571. The van der Waals surface area contributed by atoms with Crippen LogP contribution in [0.4, 0.5) is 8.78 Å². The van der Waals surface area contributed by atoms with Crippen LogP contribution in [-0.2, 0) is 11.3 Å². The number of halogens is 4. The van der Waals surface area contributed by atoms with Crippen molar-refractivity contribution in [2.45, 2.75) is 38.3 Å². The maximum atomic E-state index is 12.2. The van der Waals surface area contributed by atoms with Crippen molar-refractivity contribution >= 4 is 33.4 Å². The predicted octanol–water partition coefficient (Wildman–Crippen LogP) is 3.23. The minimum atomic E-state index is -2.53. The molecule has 122 valence electrons. The van der Waals surface area contributed by atoms with Gasteiger partial charge >= 0.3 is 0 Å². The second-order valence-corrected chi connectivity index (χ2v) is 6.49. The van der Waals surface area contributed by atoms with Crippen molar-refractivity contribution in [2.24, 2.45) is 0 Å². The van der Waals surface area contributed by atoms with E-state index in [0.717, 1.165) is 29.6 Å². The van der Waals surface area contributed by atoms with Crippen LogP contribution in [0.25, 0.3) is 0 Å². The van der Waals surface area contributed by atoms with E-state index in [0.29, 0.717) is 18.0 Å². The number of aromatic nitrogens is 1. The maximum absolute atomic E-state index is 12.2. The molecule has 1 amide bonds.